The van der Waals surface area contributed by atoms with Gasteiger partial charge in [0.15, 0.2) is 0 Å². The lowest BCUT2D eigenvalue weighted by Gasteiger charge is -2.32. The third-order valence-electron chi connectivity index (χ3n) is 3.68. The van der Waals surface area contributed by atoms with Gasteiger partial charge in [-0.15, -0.1) is 0 Å². The number of hydrogen-bond acceptors (Lipinski definition) is 5. The lowest BCUT2D eigenvalue weighted by molar-refractivity contribution is -0.0210. The van der Waals surface area contributed by atoms with E-state index in [2.05, 4.69) is 37.7 Å². The predicted octanol–water partition coefficient (Wildman–Crippen LogP) is 1.60. The minimum Gasteiger partial charge on any atom is -0.395 e. The minimum absolute atomic E-state index is 0.0397. The van der Waals surface area contributed by atoms with E-state index in [1.807, 2.05) is 13.0 Å². The molecule has 22 heavy (non-hydrogen) atoms. The summed E-state index contributed by atoms with van der Waals surface area (Å²) in [4.78, 5) is 6.54. The normalized spacial score (nSPS) is 20.3. The molecule has 1 fully saturated rings. The molecule has 2 unspecified atom stereocenters. The number of morpholine rings is 1. The Morgan fingerprint density at radius 1 is 1.64 bits per heavy atom. The number of hydrogen-bond donors (Lipinski definition) is 1. The van der Waals surface area contributed by atoms with Gasteiger partial charge >= 0.3 is 0 Å². The topological polar surface area (TPSA) is 54.8 Å². The zero-order valence-electron chi connectivity index (χ0n) is 12.9. The maximum Gasteiger partial charge on any atom is 0.0974 e. The average molecular weight is 369 g/mol. The van der Waals surface area contributed by atoms with Crippen LogP contribution in [0.3, 0.4) is 0 Å². The van der Waals surface area contributed by atoms with Crippen LogP contribution in [0.1, 0.15) is 24.3 Å². The number of ether oxygens (including phenoxy) is 2. The van der Waals surface area contributed by atoms with Gasteiger partial charge in [0.25, 0.3) is 0 Å². The van der Waals surface area contributed by atoms with Crippen molar-refractivity contribution in [2.45, 2.75) is 19.1 Å². The van der Waals surface area contributed by atoms with Crippen LogP contribution in [0, 0.1) is 11.8 Å². The van der Waals surface area contributed by atoms with Gasteiger partial charge in [0.05, 0.1) is 44.2 Å². The molecular weight excluding hydrogens is 348 g/mol. The van der Waals surface area contributed by atoms with E-state index >= 15 is 0 Å². The Hall–Kier alpha value is -0.970. The Kier molecular flexibility index (Phi) is 6.80. The molecule has 1 aromatic heterocycles. The highest BCUT2D eigenvalue weighted by Crippen LogP contribution is 2.23. The van der Waals surface area contributed by atoms with E-state index in [0.717, 1.165) is 22.3 Å². The Morgan fingerprint density at radius 2 is 2.45 bits per heavy atom. The zero-order valence-corrected chi connectivity index (χ0v) is 14.5. The van der Waals surface area contributed by atoms with Gasteiger partial charge in [-0.25, -0.2) is 0 Å². The van der Waals surface area contributed by atoms with Crippen LogP contribution >= 0.6 is 15.9 Å². The first kappa shape index (κ1) is 17.4. The van der Waals surface area contributed by atoms with Crippen LogP contribution in [-0.2, 0) is 9.47 Å². The highest BCUT2D eigenvalue weighted by Gasteiger charge is 2.20. The summed E-state index contributed by atoms with van der Waals surface area (Å²) in [6.45, 7) is 4.71. The highest BCUT2D eigenvalue weighted by atomic mass is 79.9. The van der Waals surface area contributed by atoms with Crippen molar-refractivity contribution in [3.05, 3.63) is 28.0 Å². The fourth-order valence-corrected chi connectivity index (χ4v) is 2.91. The molecule has 1 N–H and O–H groups in total. The van der Waals surface area contributed by atoms with Crippen molar-refractivity contribution >= 4 is 15.9 Å². The summed E-state index contributed by atoms with van der Waals surface area (Å²) in [5.74, 6) is 6.26. The van der Waals surface area contributed by atoms with Crippen molar-refractivity contribution in [3.63, 3.8) is 0 Å². The van der Waals surface area contributed by atoms with E-state index < -0.39 is 0 Å². The Morgan fingerprint density at radius 3 is 3.14 bits per heavy atom. The second-order valence-corrected chi connectivity index (χ2v) is 6.01. The summed E-state index contributed by atoms with van der Waals surface area (Å²) >= 11 is 3.51. The molecule has 0 aliphatic carbocycles. The van der Waals surface area contributed by atoms with Crippen LogP contribution in [-0.4, -0.2) is 61.1 Å². The second kappa shape index (κ2) is 8.61. The Bertz CT molecular complexity index is 556. The van der Waals surface area contributed by atoms with Crippen LogP contribution < -0.4 is 0 Å². The summed E-state index contributed by atoms with van der Waals surface area (Å²) < 4.78 is 11.5. The van der Waals surface area contributed by atoms with Crippen molar-refractivity contribution in [1.82, 2.24) is 9.88 Å². The average Bonchev–Trinajstić information content (AvgIpc) is 2.54. The maximum absolute atomic E-state index is 9.32. The molecule has 0 aromatic carbocycles. The molecule has 1 aliphatic rings. The van der Waals surface area contributed by atoms with E-state index in [0.29, 0.717) is 19.8 Å². The second-order valence-electron chi connectivity index (χ2n) is 5.15. The monoisotopic (exact) mass is 368 g/mol. The Balaban J connectivity index is 2.01. The van der Waals surface area contributed by atoms with Gasteiger partial charge in [-0.3, -0.25) is 9.88 Å². The quantitative estimate of drug-likeness (QED) is 0.818. The number of pyridine rings is 1. The molecule has 1 aromatic rings. The summed E-state index contributed by atoms with van der Waals surface area (Å²) in [6, 6.07) is 1.99. The fourth-order valence-electron chi connectivity index (χ4n) is 2.24. The number of methoxy groups -OCH3 is 1. The summed E-state index contributed by atoms with van der Waals surface area (Å²) in [5, 5.41) is 9.32. The van der Waals surface area contributed by atoms with Gasteiger partial charge in [0.2, 0.25) is 0 Å². The molecule has 1 aliphatic heterocycles. The molecule has 5 nitrogen and oxygen atoms in total. The zero-order chi connectivity index (χ0) is 15.9. The number of aromatic nitrogens is 1. The van der Waals surface area contributed by atoms with Crippen LogP contribution in [0.4, 0.5) is 0 Å². The Labute approximate surface area is 139 Å². The van der Waals surface area contributed by atoms with Gasteiger partial charge < -0.3 is 14.6 Å². The van der Waals surface area contributed by atoms with Crippen molar-refractivity contribution in [3.8, 4) is 11.8 Å². The van der Waals surface area contributed by atoms with Gasteiger partial charge in [0.1, 0.15) is 0 Å². The molecule has 0 bridgehead atoms. The van der Waals surface area contributed by atoms with Crippen molar-refractivity contribution < 1.29 is 14.6 Å². The molecule has 0 radical (unpaired) electrons. The third kappa shape index (κ3) is 4.51. The van der Waals surface area contributed by atoms with Gasteiger partial charge in [-0.1, -0.05) is 11.8 Å². The SMILES string of the molecule is COC(C)c1ncc(C#CCN2CCOCC2CO)cc1Br. The van der Waals surface area contributed by atoms with Crippen LogP contribution in [0.5, 0.6) is 0 Å². The van der Waals surface area contributed by atoms with Crippen LogP contribution in [0.15, 0.2) is 16.7 Å². The highest BCUT2D eigenvalue weighted by molar-refractivity contribution is 9.10. The number of nitrogens with zero attached hydrogens (tertiary/aromatic N) is 2. The summed E-state index contributed by atoms with van der Waals surface area (Å²) in [6.07, 6.45) is 1.70. The third-order valence-corrected chi connectivity index (χ3v) is 4.32. The molecule has 1 saturated heterocycles. The van der Waals surface area contributed by atoms with Crippen molar-refractivity contribution in [2.24, 2.45) is 0 Å². The largest absolute Gasteiger partial charge is 0.395 e. The lowest BCUT2D eigenvalue weighted by atomic mass is 10.2. The van der Waals surface area contributed by atoms with Crippen molar-refractivity contribution in [2.75, 3.05) is 40.0 Å². The van der Waals surface area contributed by atoms with E-state index in [4.69, 9.17) is 9.47 Å². The van der Waals surface area contributed by atoms with Gasteiger partial charge in [-0.2, -0.15) is 0 Å². The van der Waals surface area contributed by atoms with E-state index in [1.165, 1.54) is 0 Å². The molecule has 2 atom stereocenters. The number of halogens is 1. The van der Waals surface area contributed by atoms with Crippen molar-refractivity contribution in [1.29, 1.82) is 0 Å². The molecule has 0 amide bonds. The number of aliphatic hydroxyl groups is 1. The first-order valence-electron chi connectivity index (χ1n) is 7.25. The molecule has 0 saturated carbocycles. The first-order chi connectivity index (χ1) is 10.7. The molecule has 120 valence electrons. The van der Waals surface area contributed by atoms with Gasteiger partial charge in [-0.05, 0) is 28.9 Å². The van der Waals surface area contributed by atoms with E-state index in [9.17, 15) is 5.11 Å². The van der Waals surface area contributed by atoms with E-state index in [1.54, 1.807) is 13.3 Å². The summed E-state index contributed by atoms with van der Waals surface area (Å²) in [5.41, 5.74) is 1.72. The van der Waals surface area contributed by atoms with Gasteiger partial charge in [0, 0.05) is 29.9 Å². The molecular formula is C16H21BrN2O3. The lowest BCUT2D eigenvalue weighted by Crippen LogP contribution is -2.47. The minimum atomic E-state index is -0.0601. The number of aliphatic hydroxyl groups excluding tert-OH is 1. The smallest absolute Gasteiger partial charge is 0.0974 e. The molecule has 2 heterocycles. The van der Waals surface area contributed by atoms with Crippen LogP contribution in [0.2, 0.25) is 0 Å². The molecule has 0 spiro atoms. The number of rotatable bonds is 4. The standard InChI is InChI=1S/C16H21BrN2O3/c1-12(21-2)16-15(17)8-13(9-18-16)4-3-5-19-6-7-22-11-14(19)10-20/h8-9,12,14,20H,5-7,10-11H2,1-2H3. The maximum atomic E-state index is 9.32. The molecule has 2 rings (SSSR count). The molecule has 6 heteroatoms. The fraction of sp³-hybridized carbons (Fsp3) is 0.562. The van der Waals surface area contributed by atoms with Crippen LogP contribution in [0.25, 0.3) is 0 Å². The summed E-state index contributed by atoms with van der Waals surface area (Å²) in [7, 11) is 1.66. The predicted molar refractivity (Wildman–Crippen MR) is 87.5 cm³/mol. The van der Waals surface area contributed by atoms with E-state index in [-0.39, 0.29) is 18.8 Å². The first-order valence-corrected chi connectivity index (χ1v) is 8.04.